The molecule has 3 aromatic carbocycles. The molecule has 0 saturated heterocycles. The van der Waals surface area contributed by atoms with Crippen molar-refractivity contribution in [1.29, 1.82) is 0 Å². The Labute approximate surface area is 137 Å². The Hall–Kier alpha value is -2.86. The summed E-state index contributed by atoms with van der Waals surface area (Å²) in [7, 11) is 0. The molecule has 3 aromatic rings. The van der Waals surface area contributed by atoms with Crippen LogP contribution in [0.2, 0.25) is 0 Å². The van der Waals surface area contributed by atoms with Crippen molar-refractivity contribution in [3.63, 3.8) is 0 Å². The molecule has 0 aromatic heterocycles. The van der Waals surface area contributed by atoms with Gasteiger partial charge in [-0.25, -0.2) is 0 Å². The zero-order valence-corrected chi connectivity index (χ0v) is 13.2. The highest BCUT2D eigenvalue weighted by atomic mass is 14.3. The van der Waals surface area contributed by atoms with E-state index in [4.69, 9.17) is 0 Å². The van der Waals surface area contributed by atoms with E-state index in [1.165, 1.54) is 39.0 Å². The average Bonchev–Trinajstić information content (AvgIpc) is 2.89. The van der Waals surface area contributed by atoms with Crippen LogP contribution in [-0.4, -0.2) is 0 Å². The molecule has 0 atom stereocenters. The summed E-state index contributed by atoms with van der Waals surface area (Å²) in [5, 5.41) is 0. The first kappa shape index (κ1) is 13.8. The summed E-state index contributed by atoms with van der Waals surface area (Å²) in [6.45, 7) is 6.55. The van der Waals surface area contributed by atoms with Crippen LogP contribution in [0.1, 0.15) is 27.8 Å². The number of aryl methyl sites for hydroxylation is 1. The highest BCUT2D eigenvalue weighted by molar-refractivity contribution is 6.23. The van der Waals surface area contributed by atoms with E-state index < -0.39 is 0 Å². The van der Waals surface area contributed by atoms with Crippen molar-refractivity contribution in [2.24, 2.45) is 0 Å². The maximum absolute atomic E-state index is 4.41. The quantitative estimate of drug-likeness (QED) is 0.545. The molecule has 0 amide bonds. The van der Waals surface area contributed by atoms with Crippen molar-refractivity contribution in [2.75, 3.05) is 0 Å². The summed E-state index contributed by atoms with van der Waals surface area (Å²) in [5.41, 5.74) is 9.93. The molecule has 0 N–H and O–H groups in total. The second-order valence-corrected chi connectivity index (χ2v) is 6.01. The lowest BCUT2D eigenvalue weighted by Gasteiger charge is -2.10. The Morgan fingerprint density at radius 1 is 0.609 bits per heavy atom. The SMILES string of the molecule is C=C1C(c2ccccc2)=C(c2ccccc2)c2ccc(C)cc21. The van der Waals surface area contributed by atoms with Gasteiger partial charge in [0.1, 0.15) is 0 Å². The van der Waals surface area contributed by atoms with Gasteiger partial charge in [-0.2, -0.15) is 0 Å². The maximum Gasteiger partial charge on any atom is -0.00206 e. The fourth-order valence-electron chi connectivity index (χ4n) is 3.37. The molecule has 0 fully saturated rings. The highest BCUT2D eigenvalue weighted by Gasteiger charge is 2.26. The summed E-state index contributed by atoms with van der Waals surface area (Å²) in [6, 6.07) is 27.9. The summed E-state index contributed by atoms with van der Waals surface area (Å²) in [5.74, 6) is 0. The van der Waals surface area contributed by atoms with E-state index in [9.17, 15) is 0 Å². The number of fused-ring (bicyclic) bond motifs is 1. The van der Waals surface area contributed by atoms with Gasteiger partial charge in [-0.1, -0.05) is 91.0 Å². The lowest BCUT2D eigenvalue weighted by Crippen LogP contribution is -1.88. The second kappa shape index (κ2) is 5.40. The van der Waals surface area contributed by atoms with Gasteiger partial charge in [0.15, 0.2) is 0 Å². The fourth-order valence-corrected chi connectivity index (χ4v) is 3.37. The minimum atomic E-state index is 1.12. The van der Waals surface area contributed by atoms with E-state index in [0.717, 1.165) is 5.57 Å². The molecule has 23 heavy (non-hydrogen) atoms. The third kappa shape index (κ3) is 2.24. The van der Waals surface area contributed by atoms with E-state index in [0.29, 0.717) is 0 Å². The van der Waals surface area contributed by atoms with Crippen molar-refractivity contribution in [3.05, 3.63) is 113 Å². The average molecular weight is 294 g/mol. The summed E-state index contributed by atoms with van der Waals surface area (Å²) >= 11 is 0. The van der Waals surface area contributed by atoms with Gasteiger partial charge >= 0.3 is 0 Å². The van der Waals surface area contributed by atoms with E-state index in [2.05, 4.69) is 92.4 Å². The second-order valence-electron chi connectivity index (χ2n) is 6.01. The fraction of sp³-hybridized carbons (Fsp3) is 0.0435. The molecule has 0 heterocycles. The van der Waals surface area contributed by atoms with E-state index in [-0.39, 0.29) is 0 Å². The third-order valence-electron chi connectivity index (χ3n) is 4.45. The molecule has 0 unspecified atom stereocenters. The Morgan fingerprint density at radius 2 is 1.17 bits per heavy atom. The third-order valence-corrected chi connectivity index (χ3v) is 4.45. The first-order valence-corrected chi connectivity index (χ1v) is 7.91. The van der Waals surface area contributed by atoms with Crippen LogP contribution in [0.5, 0.6) is 0 Å². The zero-order valence-electron chi connectivity index (χ0n) is 13.2. The van der Waals surface area contributed by atoms with Gasteiger partial charge in [0.2, 0.25) is 0 Å². The first-order chi connectivity index (χ1) is 11.3. The van der Waals surface area contributed by atoms with Crippen molar-refractivity contribution in [2.45, 2.75) is 6.92 Å². The van der Waals surface area contributed by atoms with Crippen LogP contribution in [-0.2, 0) is 0 Å². The van der Waals surface area contributed by atoms with Crippen LogP contribution in [0.4, 0.5) is 0 Å². The Kier molecular flexibility index (Phi) is 3.24. The number of hydrogen-bond acceptors (Lipinski definition) is 0. The van der Waals surface area contributed by atoms with E-state index in [1.54, 1.807) is 0 Å². The van der Waals surface area contributed by atoms with Crippen molar-refractivity contribution >= 4 is 16.7 Å². The lowest BCUT2D eigenvalue weighted by atomic mass is 9.93. The smallest absolute Gasteiger partial charge is 0.00206 e. The molecule has 0 saturated carbocycles. The Balaban J connectivity index is 2.04. The van der Waals surface area contributed by atoms with Crippen molar-refractivity contribution < 1.29 is 0 Å². The minimum Gasteiger partial charge on any atom is -0.0905 e. The predicted molar refractivity (Wildman–Crippen MR) is 99.0 cm³/mol. The van der Waals surface area contributed by atoms with E-state index in [1.807, 2.05) is 0 Å². The van der Waals surface area contributed by atoms with Crippen LogP contribution in [0.3, 0.4) is 0 Å². The van der Waals surface area contributed by atoms with Gasteiger partial charge in [0, 0.05) is 0 Å². The Morgan fingerprint density at radius 3 is 1.78 bits per heavy atom. The first-order valence-electron chi connectivity index (χ1n) is 7.91. The van der Waals surface area contributed by atoms with Crippen molar-refractivity contribution in [1.82, 2.24) is 0 Å². The van der Waals surface area contributed by atoms with Gasteiger partial charge in [-0.15, -0.1) is 0 Å². The highest BCUT2D eigenvalue weighted by Crippen LogP contribution is 2.48. The van der Waals surface area contributed by atoms with Gasteiger partial charge in [-0.3, -0.25) is 0 Å². The van der Waals surface area contributed by atoms with Crippen LogP contribution >= 0.6 is 0 Å². The normalized spacial score (nSPS) is 13.3. The summed E-state index contributed by atoms with van der Waals surface area (Å²) in [4.78, 5) is 0. The number of allylic oxidation sites excluding steroid dienone is 2. The molecular formula is C23H18. The van der Waals surface area contributed by atoms with Gasteiger partial charge in [0.05, 0.1) is 0 Å². The van der Waals surface area contributed by atoms with E-state index >= 15 is 0 Å². The molecule has 0 radical (unpaired) electrons. The standard InChI is InChI=1S/C23H18/c1-16-13-14-20-21(15-16)17(2)22(18-9-5-3-6-10-18)23(20)19-11-7-4-8-12-19/h3-15H,2H2,1H3. The molecule has 1 aliphatic rings. The van der Waals surface area contributed by atoms with Crippen molar-refractivity contribution in [3.8, 4) is 0 Å². The number of rotatable bonds is 2. The molecule has 0 heteroatoms. The summed E-state index contributed by atoms with van der Waals surface area (Å²) in [6.07, 6.45) is 0. The number of benzene rings is 3. The van der Waals surface area contributed by atoms with Crippen LogP contribution in [0.25, 0.3) is 16.7 Å². The largest absolute Gasteiger partial charge is 0.0905 e. The molecule has 0 nitrogen and oxygen atoms in total. The minimum absolute atomic E-state index is 1.12. The van der Waals surface area contributed by atoms with Gasteiger partial charge < -0.3 is 0 Å². The van der Waals surface area contributed by atoms with Crippen LogP contribution in [0, 0.1) is 6.92 Å². The molecule has 0 aliphatic heterocycles. The molecule has 4 rings (SSSR count). The predicted octanol–water partition coefficient (Wildman–Crippen LogP) is 5.98. The monoisotopic (exact) mass is 294 g/mol. The van der Waals surface area contributed by atoms with Crippen LogP contribution < -0.4 is 0 Å². The van der Waals surface area contributed by atoms with Gasteiger partial charge in [-0.05, 0) is 45.9 Å². The number of hydrogen-bond donors (Lipinski definition) is 0. The lowest BCUT2D eigenvalue weighted by molar-refractivity contribution is 1.44. The van der Waals surface area contributed by atoms with Crippen LogP contribution in [0.15, 0.2) is 85.4 Å². The topological polar surface area (TPSA) is 0 Å². The molecule has 0 spiro atoms. The maximum atomic E-state index is 4.41. The molecular weight excluding hydrogens is 276 g/mol. The summed E-state index contributed by atoms with van der Waals surface area (Å²) < 4.78 is 0. The molecule has 1 aliphatic carbocycles. The Bertz CT molecular complexity index is 913. The molecule has 110 valence electrons. The molecule has 0 bridgehead atoms. The van der Waals surface area contributed by atoms with Gasteiger partial charge in [0.25, 0.3) is 0 Å². The zero-order chi connectivity index (χ0) is 15.8.